The van der Waals surface area contributed by atoms with E-state index in [1.54, 1.807) is 0 Å². The lowest BCUT2D eigenvalue weighted by Gasteiger charge is -2.22. The van der Waals surface area contributed by atoms with Crippen molar-refractivity contribution in [3.8, 4) is 0 Å². The molecule has 0 bridgehead atoms. The smallest absolute Gasteiger partial charge is 0.299 e. The van der Waals surface area contributed by atoms with Crippen LogP contribution >= 0.6 is 11.8 Å². The summed E-state index contributed by atoms with van der Waals surface area (Å²) in [5.74, 6) is 0. The van der Waals surface area contributed by atoms with E-state index in [-0.39, 0.29) is 0 Å². The minimum Gasteiger partial charge on any atom is -0.299 e. The molecule has 1 nitrogen and oxygen atoms in total. The lowest BCUT2D eigenvalue weighted by molar-refractivity contribution is -0.137. The van der Waals surface area contributed by atoms with Crippen LogP contribution in [0.5, 0.6) is 0 Å². The number of unbranched alkanes of at least 4 members (excludes halogenated alkanes) is 3. The first-order valence-corrected chi connectivity index (χ1v) is 12.6. The molecule has 1 aliphatic heterocycles. The van der Waals surface area contributed by atoms with Crippen molar-refractivity contribution >= 4 is 11.8 Å². The Morgan fingerprint density at radius 2 is 1.44 bits per heavy atom. The van der Waals surface area contributed by atoms with E-state index >= 15 is 0 Å². The Morgan fingerprint density at radius 3 is 1.97 bits per heavy atom. The summed E-state index contributed by atoms with van der Waals surface area (Å²) in [7, 11) is 0. The quantitative estimate of drug-likeness (QED) is 0.270. The van der Waals surface area contributed by atoms with E-state index in [1.807, 2.05) is 12.1 Å². The Kier molecular flexibility index (Phi) is 12.0. The highest BCUT2D eigenvalue weighted by Crippen LogP contribution is 2.33. The molecule has 5 heteroatoms. The summed E-state index contributed by atoms with van der Waals surface area (Å²) in [6.07, 6.45) is 9.07. The summed E-state index contributed by atoms with van der Waals surface area (Å²) < 4.78 is 37.5. The number of halogens is 3. The molecule has 0 fully saturated rings. The first-order chi connectivity index (χ1) is 15.4. The zero-order valence-electron chi connectivity index (χ0n) is 19.3. The van der Waals surface area contributed by atoms with E-state index in [0.29, 0.717) is 0 Å². The minimum absolute atomic E-state index is 0.609. The highest BCUT2D eigenvalue weighted by molar-refractivity contribution is 7.99. The lowest BCUT2D eigenvalue weighted by Crippen LogP contribution is -2.28. The summed E-state index contributed by atoms with van der Waals surface area (Å²) in [6, 6.07) is 13.5. The van der Waals surface area contributed by atoms with Crippen molar-refractivity contribution in [3.63, 3.8) is 0 Å². The largest absolute Gasteiger partial charge is 0.416 e. The molecular weight excluding hydrogens is 427 g/mol. The molecule has 176 valence electrons. The summed E-state index contributed by atoms with van der Waals surface area (Å²) in [4.78, 5) is 4.38. The Balaban J connectivity index is 0.000000278. The van der Waals surface area contributed by atoms with Crippen LogP contribution in [0.15, 0.2) is 70.5 Å². The number of nitrogens with zero attached hydrogens (tertiary/aromatic N) is 1. The molecule has 0 saturated carbocycles. The number of alkyl halides is 3. The van der Waals surface area contributed by atoms with Crippen molar-refractivity contribution < 1.29 is 13.2 Å². The zero-order chi connectivity index (χ0) is 23.2. The highest BCUT2D eigenvalue weighted by Gasteiger charge is 2.29. The second-order valence-corrected chi connectivity index (χ2v) is 9.29. The van der Waals surface area contributed by atoms with Crippen LogP contribution in [0, 0.1) is 0 Å². The molecule has 0 aromatic heterocycles. The van der Waals surface area contributed by atoms with Crippen LogP contribution in [0.25, 0.3) is 0 Å². The molecule has 1 aliphatic rings. The number of rotatable bonds is 9. The number of hydrogen-bond donors (Lipinski definition) is 0. The number of benzene rings is 2. The van der Waals surface area contributed by atoms with Gasteiger partial charge in [0.05, 0.1) is 5.56 Å². The molecule has 3 rings (SSSR count). The molecule has 32 heavy (non-hydrogen) atoms. The zero-order valence-corrected chi connectivity index (χ0v) is 20.2. The van der Waals surface area contributed by atoms with Crippen molar-refractivity contribution in [1.82, 2.24) is 4.90 Å². The molecule has 0 atom stereocenters. The highest BCUT2D eigenvalue weighted by atomic mass is 32.2. The van der Waals surface area contributed by atoms with E-state index in [2.05, 4.69) is 43.0 Å². The van der Waals surface area contributed by atoms with Gasteiger partial charge in [0.1, 0.15) is 0 Å². The van der Waals surface area contributed by atoms with Gasteiger partial charge in [-0.15, -0.1) is 0 Å². The molecule has 0 radical (unpaired) electrons. The van der Waals surface area contributed by atoms with Crippen molar-refractivity contribution in [2.45, 2.75) is 74.8 Å². The van der Waals surface area contributed by atoms with Gasteiger partial charge in [-0.3, -0.25) is 4.90 Å². The van der Waals surface area contributed by atoms with Gasteiger partial charge in [-0.1, -0.05) is 69.2 Å². The molecule has 0 N–H and O–H groups in total. The van der Waals surface area contributed by atoms with Crippen molar-refractivity contribution in [3.05, 3.63) is 71.8 Å². The van der Waals surface area contributed by atoms with Gasteiger partial charge in [0.2, 0.25) is 0 Å². The van der Waals surface area contributed by atoms with E-state index in [9.17, 15) is 13.2 Å². The third-order valence-electron chi connectivity index (χ3n) is 5.38. The maximum absolute atomic E-state index is 12.5. The van der Waals surface area contributed by atoms with E-state index in [4.69, 9.17) is 0 Å². The first-order valence-electron chi connectivity index (χ1n) is 11.7. The summed E-state index contributed by atoms with van der Waals surface area (Å²) in [6.45, 7) is 8.19. The molecule has 2 aromatic rings. The summed E-state index contributed by atoms with van der Waals surface area (Å²) in [5.41, 5.74) is 0.690. The molecular formula is C27H36F3NS. The Morgan fingerprint density at radius 1 is 0.812 bits per heavy atom. The van der Waals surface area contributed by atoms with E-state index < -0.39 is 11.7 Å². The van der Waals surface area contributed by atoms with E-state index in [0.717, 1.165) is 28.3 Å². The van der Waals surface area contributed by atoms with Crippen LogP contribution < -0.4 is 0 Å². The fourth-order valence-electron chi connectivity index (χ4n) is 3.43. The van der Waals surface area contributed by atoms with Crippen LogP contribution in [-0.2, 0) is 12.6 Å². The van der Waals surface area contributed by atoms with Gasteiger partial charge >= 0.3 is 6.18 Å². The Bertz CT molecular complexity index is 782. The standard InChI is InChI=1S/C17H17F3S.C10H19N/c1-2-3-4-13-5-9-15(10-6-13)21-16-11-7-14(8-12-16)17(18,19)20;1-2-3-5-8-11-9-6-4-7-10-11/h5-12H,2-4H2,1H3;4,6H,2-3,5,7-10H2,1H3. The Hall–Kier alpha value is -1.72. The molecule has 0 unspecified atom stereocenters. The predicted molar refractivity (Wildman–Crippen MR) is 130 cm³/mol. The van der Waals surface area contributed by atoms with Gasteiger partial charge in [-0.2, -0.15) is 13.2 Å². The first kappa shape index (κ1) is 26.5. The van der Waals surface area contributed by atoms with Crippen molar-refractivity contribution in [2.24, 2.45) is 0 Å². The van der Waals surface area contributed by atoms with Crippen LogP contribution in [0.1, 0.15) is 63.5 Å². The van der Waals surface area contributed by atoms with Gasteiger partial charge in [0.25, 0.3) is 0 Å². The normalized spacial score (nSPS) is 14.2. The molecule has 0 aliphatic carbocycles. The minimum atomic E-state index is -4.27. The molecule has 0 amide bonds. The second kappa shape index (κ2) is 14.4. The van der Waals surface area contributed by atoms with Crippen LogP contribution in [0.2, 0.25) is 0 Å². The van der Waals surface area contributed by atoms with Crippen LogP contribution in [0.4, 0.5) is 13.2 Å². The van der Waals surface area contributed by atoms with Crippen molar-refractivity contribution in [2.75, 3.05) is 19.6 Å². The van der Waals surface area contributed by atoms with Crippen LogP contribution in [0.3, 0.4) is 0 Å². The average molecular weight is 464 g/mol. The number of hydrogen-bond acceptors (Lipinski definition) is 2. The SMILES string of the molecule is CCCCCN1CC=CCC1.CCCCc1ccc(Sc2ccc(C(F)(F)F)cc2)cc1. The summed E-state index contributed by atoms with van der Waals surface area (Å²) >= 11 is 1.47. The van der Waals surface area contributed by atoms with Gasteiger partial charge in [-0.05, 0) is 74.2 Å². The van der Waals surface area contributed by atoms with Gasteiger partial charge in [0, 0.05) is 22.9 Å². The average Bonchev–Trinajstić information content (AvgIpc) is 2.80. The number of aryl methyl sites for hydroxylation is 1. The van der Waals surface area contributed by atoms with Gasteiger partial charge < -0.3 is 0 Å². The maximum atomic E-state index is 12.5. The third kappa shape index (κ3) is 10.3. The topological polar surface area (TPSA) is 3.24 Å². The fourth-order valence-corrected chi connectivity index (χ4v) is 4.25. The third-order valence-corrected chi connectivity index (χ3v) is 6.40. The molecule has 1 heterocycles. The lowest BCUT2D eigenvalue weighted by atomic mass is 10.1. The molecule has 0 spiro atoms. The Labute approximate surface area is 196 Å². The maximum Gasteiger partial charge on any atom is 0.416 e. The molecule has 2 aromatic carbocycles. The van der Waals surface area contributed by atoms with Gasteiger partial charge in [0.15, 0.2) is 0 Å². The summed E-state index contributed by atoms with van der Waals surface area (Å²) in [5, 5.41) is 0. The van der Waals surface area contributed by atoms with Crippen molar-refractivity contribution in [1.29, 1.82) is 0 Å². The second-order valence-electron chi connectivity index (χ2n) is 8.14. The molecule has 0 saturated heterocycles. The van der Waals surface area contributed by atoms with Crippen LogP contribution in [-0.4, -0.2) is 24.5 Å². The predicted octanol–water partition coefficient (Wildman–Crippen LogP) is 8.64. The van der Waals surface area contributed by atoms with Gasteiger partial charge in [-0.25, -0.2) is 0 Å². The fraction of sp³-hybridized carbons (Fsp3) is 0.481. The monoisotopic (exact) mass is 463 g/mol. The van der Waals surface area contributed by atoms with E-state index in [1.165, 1.54) is 87.6 Å².